The molecule has 0 fully saturated rings. The molecule has 1 unspecified atom stereocenters. The van der Waals surface area contributed by atoms with E-state index in [9.17, 15) is 8.78 Å². The van der Waals surface area contributed by atoms with Crippen LogP contribution in [-0.2, 0) is 0 Å². The third-order valence-electron chi connectivity index (χ3n) is 1.17. The Balaban J connectivity index is 3.09. The van der Waals surface area contributed by atoms with E-state index >= 15 is 0 Å². The molecule has 1 rings (SSSR count). The molecule has 1 atom stereocenters. The second-order valence-corrected chi connectivity index (χ2v) is 3.67. The van der Waals surface area contributed by atoms with Gasteiger partial charge in [-0.2, -0.15) is 4.39 Å². The van der Waals surface area contributed by atoms with Crippen molar-refractivity contribution in [2.45, 2.75) is 0 Å². The van der Waals surface area contributed by atoms with Gasteiger partial charge in [0.1, 0.15) is 14.3 Å². The van der Waals surface area contributed by atoms with Crippen LogP contribution in [0.1, 0.15) is 0 Å². The molecule has 0 bridgehead atoms. The number of halogens is 3. The maximum absolute atomic E-state index is 12.8. The molecule has 0 saturated heterocycles. The first-order chi connectivity index (χ1) is 5.65. The molecule has 0 aromatic heterocycles. The van der Waals surface area contributed by atoms with E-state index in [4.69, 9.17) is 12.4 Å². The van der Waals surface area contributed by atoms with E-state index in [-0.39, 0.29) is 17.7 Å². The summed E-state index contributed by atoms with van der Waals surface area (Å²) in [5.41, 5.74) is 0.151. The molecule has 12 heavy (non-hydrogen) atoms. The number of hydrogen-bond acceptors (Lipinski definition) is 1. The smallest absolute Gasteiger partial charge is 0.200 e. The molecule has 0 aliphatic rings. The molecule has 62 valence electrons. The minimum atomic E-state index is -0.992. The molecule has 0 spiro atoms. The van der Waals surface area contributed by atoms with Gasteiger partial charge in [-0.1, -0.05) is 5.46 Å². The van der Waals surface area contributed by atoms with Crippen molar-refractivity contribution in [1.29, 1.82) is 0 Å². The van der Waals surface area contributed by atoms with Crippen LogP contribution in [0.15, 0.2) is 12.1 Å². The van der Waals surface area contributed by atoms with Crippen molar-refractivity contribution < 1.29 is 13.3 Å². The van der Waals surface area contributed by atoms with E-state index in [0.29, 0.717) is 0 Å². The third-order valence-corrected chi connectivity index (χ3v) is 2.12. The lowest BCUT2D eigenvalue weighted by Crippen LogP contribution is -2.05. The molecular weight excluding hydrogens is 295 g/mol. The van der Waals surface area contributed by atoms with Gasteiger partial charge >= 0.3 is 0 Å². The zero-order valence-corrected chi connectivity index (χ0v) is 8.93. The minimum Gasteiger partial charge on any atom is -0.464 e. The van der Waals surface area contributed by atoms with Gasteiger partial charge < -0.3 is 4.52 Å². The van der Waals surface area contributed by atoms with Crippen molar-refractivity contribution in [2.24, 2.45) is 0 Å². The van der Waals surface area contributed by atoms with Crippen LogP contribution >= 0.6 is 28.5 Å². The van der Waals surface area contributed by atoms with Gasteiger partial charge in [0.05, 0.1) is 0 Å². The average molecular weight is 298 g/mol. The van der Waals surface area contributed by atoms with Gasteiger partial charge in [-0.15, -0.1) is 0 Å². The Morgan fingerprint density at radius 2 is 2.08 bits per heavy atom. The Labute approximate surface area is 84.6 Å². The topological polar surface area (TPSA) is 9.23 Å². The zero-order chi connectivity index (χ0) is 9.14. The second-order valence-electron chi connectivity index (χ2n) is 1.99. The molecule has 1 aromatic carbocycles. The van der Waals surface area contributed by atoms with Gasteiger partial charge in [-0.25, -0.2) is 4.39 Å². The highest BCUT2D eigenvalue weighted by Crippen LogP contribution is 2.28. The van der Waals surface area contributed by atoms with Gasteiger partial charge in [0.2, 0.25) is 5.82 Å². The summed E-state index contributed by atoms with van der Waals surface area (Å²) in [5, 5.41) is 0. The first-order valence-electron chi connectivity index (χ1n) is 2.92. The minimum absolute atomic E-state index is 0.0321. The fraction of sp³-hybridized carbons (Fsp3) is 0. The molecule has 1 nitrogen and oxygen atoms in total. The van der Waals surface area contributed by atoms with Crippen LogP contribution in [0.4, 0.5) is 8.78 Å². The van der Waals surface area contributed by atoms with Crippen molar-refractivity contribution in [3.05, 3.63) is 23.8 Å². The molecule has 6 heteroatoms. The van der Waals surface area contributed by atoms with Gasteiger partial charge in [0, 0.05) is 0 Å². The van der Waals surface area contributed by atoms with Crippen molar-refractivity contribution in [3.8, 4) is 5.75 Å². The largest absolute Gasteiger partial charge is 0.464 e. The maximum atomic E-state index is 12.8. The predicted molar refractivity (Wildman–Crippen MR) is 54.7 cm³/mol. The predicted octanol–water partition coefficient (Wildman–Crippen LogP) is 2.08. The SMILES string of the molecule is [B]c1cc(F)c(F)c(OPI)c1. The van der Waals surface area contributed by atoms with Crippen LogP contribution in [0, 0.1) is 11.6 Å². The van der Waals surface area contributed by atoms with Crippen LogP contribution in [-0.4, -0.2) is 7.85 Å². The van der Waals surface area contributed by atoms with E-state index < -0.39 is 11.6 Å². The Bertz CT molecular complexity index is 297. The highest BCUT2D eigenvalue weighted by molar-refractivity contribution is 14.2. The summed E-state index contributed by atoms with van der Waals surface area (Å²) in [4.78, 5) is 0. The van der Waals surface area contributed by atoms with E-state index in [2.05, 4.69) is 0 Å². The summed E-state index contributed by atoms with van der Waals surface area (Å²) in [6.07, 6.45) is 0. The van der Waals surface area contributed by atoms with Crippen LogP contribution < -0.4 is 9.99 Å². The Kier molecular flexibility index (Phi) is 3.71. The van der Waals surface area contributed by atoms with Crippen molar-refractivity contribution >= 4 is 41.8 Å². The van der Waals surface area contributed by atoms with Crippen LogP contribution in [0.25, 0.3) is 0 Å². The van der Waals surface area contributed by atoms with E-state index in [1.54, 1.807) is 0 Å². The first kappa shape index (κ1) is 10.2. The Morgan fingerprint density at radius 1 is 1.42 bits per heavy atom. The van der Waals surface area contributed by atoms with Gasteiger partial charge in [-0.05, 0) is 34.2 Å². The molecule has 0 heterocycles. The lowest BCUT2D eigenvalue weighted by atomic mass is 9.96. The molecule has 0 N–H and O–H groups in total. The van der Waals surface area contributed by atoms with Gasteiger partial charge in [-0.3, -0.25) is 0 Å². The number of benzene rings is 1. The quantitative estimate of drug-likeness (QED) is 0.461. The standard InChI is InChI=1S/C6H3BF2IOP/c7-3-1-4(8)6(9)5(2-3)11-12-10/h1-2,12H. The second kappa shape index (κ2) is 4.37. The fourth-order valence-corrected chi connectivity index (χ4v) is 1.64. The van der Waals surface area contributed by atoms with Crippen molar-refractivity contribution in [2.75, 3.05) is 0 Å². The normalized spacial score (nSPS) is 10.9. The van der Waals surface area contributed by atoms with E-state index in [1.165, 1.54) is 6.07 Å². The summed E-state index contributed by atoms with van der Waals surface area (Å²) in [7, 11) is 5.27. The monoisotopic (exact) mass is 298 g/mol. The first-order valence-corrected chi connectivity index (χ1v) is 6.94. The molecule has 1 aromatic rings. The Morgan fingerprint density at radius 3 is 2.67 bits per heavy atom. The van der Waals surface area contributed by atoms with Crippen LogP contribution in [0.2, 0.25) is 0 Å². The molecular formula is C6H3BF2IOP. The lowest BCUT2D eigenvalue weighted by molar-refractivity contribution is 0.472. The molecule has 0 amide bonds. The van der Waals surface area contributed by atoms with Crippen LogP contribution in [0.3, 0.4) is 0 Å². The molecule has 0 aliphatic heterocycles. The summed E-state index contributed by atoms with van der Waals surface area (Å²) < 4.78 is 30.3. The summed E-state index contributed by atoms with van der Waals surface area (Å²) in [5.74, 6) is -2.12. The summed E-state index contributed by atoms with van der Waals surface area (Å²) >= 11 is 1.91. The third kappa shape index (κ3) is 2.30. The van der Waals surface area contributed by atoms with Crippen molar-refractivity contribution in [3.63, 3.8) is 0 Å². The number of hydrogen-bond donors (Lipinski definition) is 0. The zero-order valence-electron chi connectivity index (χ0n) is 5.77. The van der Waals surface area contributed by atoms with E-state index in [0.717, 1.165) is 6.07 Å². The van der Waals surface area contributed by atoms with Gasteiger partial charge in [0.15, 0.2) is 11.6 Å². The highest BCUT2D eigenvalue weighted by Gasteiger charge is 2.09. The van der Waals surface area contributed by atoms with Gasteiger partial charge in [0.25, 0.3) is 0 Å². The highest BCUT2D eigenvalue weighted by atomic mass is 127. The summed E-state index contributed by atoms with van der Waals surface area (Å²) in [6.45, 7) is 0.0321. The lowest BCUT2D eigenvalue weighted by Gasteiger charge is -2.04. The average Bonchev–Trinajstić information content (AvgIpc) is 2.00. The molecule has 0 aliphatic carbocycles. The molecule has 2 radical (unpaired) electrons. The van der Waals surface area contributed by atoms with E-state index in [1.807, 2.05) is 22.0 Å². The molecule has 0 saturated carbocycles. The number of rotatable bonds is 2. The van der Waals surface area contributed by atoms with Crippen LogP contribution in [0.5, 0.6) is 5.75 Å². The Hall–Kier alpha value is 0.105. The maximum Gasteiger partial charge on any atom is 0.200 e. The fourth-order valence-electron chi connectivity index (χ4n) is 0.700. The van der Waals surface area contributed by atoms with Crippen molar-refractivity contribution in [1.82, 2.24) is 0 Å². The summed E-state index contributed by atoms with van der Waals surface area (Å²) in [6, 6.07) is 2.17.